The van der Waals surface area contributed by atoms with Crippen molar-refractivity contribution in [2.75, 3.05) is 13.2 Å². The monoisotopic (exact) mass is 423 g/mol. The number of rotatable bonds is 5. The highest BCUT2D eigenvalue weighted by Gasteiger charge is 2.32. The summed E-state index contributed by atoms with van der Waals surface area (Å²) in [4.78, 5) is 27.2. The molecule has 2 aromatic rings. The molecule has 0 saturated heterocycles. The summed E-state index contributed by atoms with van der Waals surface area (Å²) in [7, 11) is 0. The lowest BCUT2D eigenvalue weighted by molar-refractivity contribution is -0.149. The van der Waals surface area contributed by atoms with Crippen molar-refractivity contribution in [1.29, 1.82) is 0 Å². The molecule has 6 nitrogen and oxygen atoms in total. The molecule has 31 heavy (non-hydrogen) atoms. The predicted octanol–water partition coefficient (Wildman–Crippen LogP) is 4.82. The first kappa shape index (κ1) is 21.5. The molecule has 1 aromatic heterocycles. The van der Waals surface area contributed by atoms with Crippen LogP contribution in [-0.2, 0) is 16.1 Å². The molecule has 1 aromatic carbocycles. The molecule has 1 N–H and O–H groups in total. The lowest BCUT2D eigenvalue weighted by Gasteiger charge is -2.32. The van der Waals surface area contributed by atoms with Crippen molar-refractivity contribution in [1.82, 2.24) is 14.8 Å². The molecule has 1 aliphatic heterocycles. The van der Waals surface area contributed by atoms with Gasteiger partial charge in [-0.2, -0.15) is 0 Å². The molecule has 0 bridgehead atoms. The summed E-state index contributed by atoms with van der Waals surface area (Å²) in [5, 5.41) is 3.20. The van der Waals surface area contributed by atoms with Crippen LogP contribution in [0.3, 0.4) is 0 Å². The van der Waals surface area contributed by atoms with E-state index in [1.807, 2.05) is 24.0 Å². The van der Waals surface area contributed by atoms with Crippen molar-refractivity contribution in [2.24, 2.45) is 11.8 Å². The van der Waals surface area contributed by atoms with Gasteiger partial charge in [0.25, 0.3) is 0 Å². The fourth-order valence-corrected chi connectivity index (χ4v) is 5.06. The van der Waals surface area contributed by atoms with Gasteiger partial charge in [0.1, 0.15) is 0 Å². The molecule has 1 aliphatic carbocycles. The summed E-state index contributed by atoms with van der Waals surface area (Å²) in [6, 6.07) is 12.5. The Labute approximate surface area is 184 Å². The van der Waals surface area contributed by atoms with Crippen LogP contribution in [0.25, 0.3) is 5.69 Å². The molecule has 0 radical (unpaired) electrons. The van der Waals surface area contributed by atoms with Gasteiger partial charge in [0.15, 0.2) is 0 Å². The minimum Gasteiger partial charge on any atom is -0.466 e. The average molecular weight is 424 g/mol. The van der Waals surface area contributed by atoms with Crippen molar-refractivity contribution in [3.05, 3.63) is 53.9 Å². The van der Waals surface area contributed by atoms with Crippen LogP contribution in [0.2, 0.25) is 0 Å². The zero-order valence-electron chi connectivity index (χ0n) is 18.5. The Bertz CT molecular complexity index is 914. The third-order valence-corrected chi connectivity index (χ3v) is 6.75. The Morgan fingerprint density at radius 3 is 2.58 bits per heavy atom. The van der Waals surface area contributed by atoms with Gasteiger partial charge in [-0.1, -0.05) is 25.1 Å². The number of benzene rings is 1. The molecule has 1 atom stereocenters. The van der Waals surface area contributed by atoms with Gasteiger partial charge in [0, 0.05) is 18.4 Å². The van der Waals surface area contributed by atoms with Gasteiger partial charge in [0.05, 0.1) is 30.8 Å². The van der Waals surface area contributed by atoms with E-state index in [9.17, 15) is 9.59 Å². The average Bonchev–Trinajstić information content (AvgIpc) is 3.22. The summed E-state index contributed by atoms with van der Waals surface area (Å²) in [6.07, 6.45) is 6.54. The van der Waals surface area contributed by atoms with E-state index in [1.165, 1.54) is 0 Å². The van der Waals surface area contributed by atoms with Gasteiger partial charge in [-0.25, -0.2) is 4.79 Å². The van der Waals surface area contributed by atoms with Crippen LogP contribution < -0.4 is 5.32 Å². The largest absolute Gasteiger partial charge is 0.466 e. The van der Waals surface area contributed by atoms with Gasteiger partial charge >= 0.3 is 12.0 Å². The van der Waals surface area contributed by atoms with Gasteiger partial charge < -0.3 is 19.5 Å². The number of esters is 1. The van der Waals surface area contributed by atoms with E-state index in [0.717, 1.165) is 49.0 Å². The number of nitrogens with zero attached hydrogens (tertiary/aromatic N) is 2. The molecule has 2 aliphatic rings. The highest BCUT2D eigenvalue weighted by Crippen LogP contribution is 2.34. The molecule has 1 saturated carbocycles. The van der Waals surface area contributed by atoms with E-state index in [0.29, 0.717) is 25.6 Å². The third-order valence-electron chi connectivity index (χ3n) is 6.75. The number of ether oxygens (including phenoxy) is 1. The lowest BCUT2D eigenvalue weighted by Crippen LogP contribution is -2.43. The van der Waals surface area contributed by atoms with Crippen molar-refractivity contribution < 1.29 is 14.3 Å². The van der Waals surface area contributed by atoms with Crippen LogP contribution in [-0.4, -0.2) is 34.6 Å². The smallest absolute Gasteiger partial charge is 0.318 e. The van der Waals surface area contributed by atoms with Crippen LogP contribution in [0, 0.1) is 11.8 Å². The summed E-state index contributed by atoms with van der Waals surface area (Å²) >= 11 is 0. The zero-order valence-corrected chi connectivity index (χ0v) is 18.5. The Balaban J connectivity index is 1.41. The molecule has 0 spiro atoms. The second-order valence-electron chi connectivity index (χ2n) is 8.64. The Hall–Kier alpha value is -2.76. The minimum atomic E-state index is -0.0676. The first-order valence-electron chi connectivity index (χ1n) is 11.6. The predicted molar refractivity (Wildman–Crippen MR) is 120 cm³/mol. The number of amides is 2. The van der Waals surface area contributed by atoms with Crippen molar-refractivity contribution >= 4 is 12.0 Å². The Morgan fingerprint density at radius 1 is 1.06 bits per heavy atom. The number of urea groups is 1. The molecule has 4 rings (SSSR count). The van der Waals surface area contributed by atoms with Crippen molar-refractivity contribution in [2.45, 2.75) is 58.5 Å². The number of hydrogen-bond donors (Lipinski definition) is 1. The van der Waals surface area contributed by atoms with E-state index < -0.39 is 0 Å². The Morgan fingerprint density at radius 2 is 1.84 bits per heavy atom. The van der Waals surface area contributed by atoms with Crippen LogP contribution >= 0.6 is 0 Å². The fourth-order valence-electron chi connectivity index (χ4n) is 5.06. The van der Waals surface area contributed by atoms with Crippen LogP contribution in [0.1, 0.15) is 63.3 Å². The second-order valence-corrected chi connectivity index (χ2v) is 8.64. The molecule has 6 heteroatoms. The lowest BCUT2D eigenvalue weighted by atomic mass is 9.82. The molecule has 2 heterocycles. The molecule has 166 valence electrons. The maximum Gasteiger partial charge on any atom is 0.318 e. The standard InChI is InChI=1S/C25H33N3O3/c1-3-21-23-10-7-15-27(23)22-9-6-5-8-20(22)17-28(21)25(30)26-16-18-11-13-19(14-12-18)24(29)31-4-2/h5-10,15,18-19,21H,3-4,11-14,16-17H2,1-2H3,(H,26,30)/t18?,19?,21-/m1/s1. The summed E-state index contributed by atoms with van der Waals surface area (Å²) < 4.78 is 7.38. The summed E-state index contributed by atoms with van der Waals surface area (Å²) in [5.74, 6) is 0.367. The number of fused-ring (bicyclic) bond motifs is 3. The van der Waals surface area contributed by atoms with E-state index in [-0.39, 0.29) is 24.0 Å². The maximum absolute atomic E-state index is 13.3. The molecule has 0 unspecified atom stereocenters. The Kier molecular flexibility index (Phi) is 6.64. The highest BCUT2D eigenvalue weighted by atomic mass is 16.5. The second kappa shape index (κ2) is 9.58. The normalized spacial score (nSPS) is 22.8. The van der Waals surface area contributed by atoms with Gasteiger partial charge in [-0.15, -0.1) is 0 Å². The number of aromatic nitrogens is 1. The molecular formula is C25H33N3O3. The zero-order chi connectivity index (χ0) is 21.8. The van der Waals surface area contributed by atoms with Gasteiger partial charge in [0.2, 0.25) is 0 Å². The van der Waals surface area contributed by atoms with Crippen LogP contribution in [0.5, 0.6) is 0 Å². The van der Waals surface area contributed by atoms with Gasteiger partial charge in [-0.05, 0) is 68.7 Å². The number of nitrogens with one attached hydrogen (secondary N) is 1. The summed E-state index contributed by atoms with van der Waals surface area (Å²) in [6.45, 7) is 5.67. The molecule has 1 fully saturated rings. The van der Waals surface area contributed by atoms with E-state index in [4.69, 9.17) is 4.74 Å². The number of hydrogen-bond acceptors (Lipinski definition) is 3. The van der Waals surface area contributed by atoms with Crippen LogP contribution in [0.15, 0.2) is 42.6 Å². The number of carbonyl (C=O) groups excluding carboxylic acids is 2. The van der Waals surface area contributed by atoms with E-state index in [2.05, 4.69) is 47.3 Å². The topological polar surface area (TPSA) is 63.6 Å². The summed E-state index contributed by atoms with van der Waals surface area (Å²) in [5.41, 5.74) is 3.45. The first-order chi connectivity index (χ1) is 15.1. The SMILES string of the molecule is CCOC(=O)C1CCC(CNC(=O)N2Cc3ccccc3-n3cccc3[C@H]2CC)CC1. The maximum atomic E-state index is 13.3. The van der Waals surface area contributed by atoms with Crippen molar-refractivity contribution in [3.63, 3.8) is 0 Å². The highest BCUT2D eigenvalue weighted by molar-refractivity contribution is 5.75. The van der Waals surface area contributed by atoms with E-state index in [1.54, 1.807) is 0 Å². The van der Waals surface area contributed by atoms with Crippen molar-refractivity contribution in [3.8, 4) is 5.69 Å². The van der Waals surface area contributed by atoms with Crippen LogP contribution in [0.4, 0.5) is 4.79 Å². The first-order valence-corrected chi connectivity index (χ1v) is 11.6. The molecular weight excluding hydrogens is 390 g/mol. The fraction of sp³-hybridized carbons (Fsp3) is 0.520. The quantitative estimate of drug-likeness (QED) is 0.701. The minimum absolute atomic E-state index is 0.0104. The molecule has 2 amide bonds. The third kappa shape index (κ3) is 4.48. The van der Waals surface area contributed by atoms with Gasteiger partial charge in [-0.3, -0.25) is 4.79 Å². The number of carbonyl (C=O) groups is 2. The number of para-hydroxylation sites is 1. The van der Waals surface area contributed by atoms with E-state index >= 15 is 0 Å².